The highest BCUT2D eigenvalue weighted by Crippen LogP contribution is 2.28. The lowest BCUT2D eigenvalue weighted by molar-refractivity contribution is 0.131. The van der Waals surface area contributed by atoms with Gasteiger partial charge in [0, 0.05) is 11.6 Å². The van der Waals surface area contributed by atoms with Crippen molar-refractivity contribution in [3.05, 3.63) is 29.6 Å². The van der Waals surface area contributed by atoms with Gasteiger partial charge in [-0.1, -0.05) is 25.8 Å². The molecule has 18 heavy (non-hydrogen) atoms. The minimum atomic E-state index is -0.630. The number of aliphatic hydroxyl groups is 1. The van der Waals surface area contributed by atoms with Crippen LogP contribution in [0.2, 0.25) is 0 Å². The van der Waals surface area contributed by atoms with Crippen LogP contribution < -0.4 is 10.5 Å². The van der Waals surface area contributed by atoms with Gasteiger partial charge in [0.05, 0.1) is 19.3 Å². The fourth-order valence-corrected chi connectivity index (χ4v) is 1.76. The van der Waals surface area contributed by atoms with Gasteiger partial charge in [-0.2, -0.15) is 0 Å². The molecule has 1 rings (SSSR count). The summed E-state index contributed by atoms with van der Waals surface area (Å²) in [6.07, 6.45) is 1.93. The summed E-state index contributed by atoms with van der Waals surface area (Å²) in [6, 6.07) is 3.62. The van der Waals surface area contributed by atoms with Crippen molar-refractivity contribution in [3.8, 4) is 5.75 Å². The number of unbranched alkanes of at least 4 members (excludes halogenated alkanes) is 1. The molecule has 3 N–H and O–H groups in total. The first kappa shape index (κ1) is 17.2. The van der Waals surface area contributed by atoms with E-state index in [1.165, 1.54) is 19.2 Å². The van der Waals surface area contributed by atoms with Crippen LogP contribution in [0.15, 0.2) is 18.2 Å². The predicted molar refractivity (Wildman–Crippen MR) is 72.7 cm³/mol. The number of hydrogen-bond donors (Lipinski definition) is 2. The van der Waals surface area contributed by atoms with Crippen molar-refractivity contribution >= 4 is 12.4 Å². The second-order valence-electron chi connectivity index (χ2n) is 4.12. The first-order valence-electron chi connectivity index (χ1n) is 5.87. The van der Waals surface area contributed by atoms with Gasteiger partial charge < -0.3 is 15.6 Å². The molecule has 104 valence electrons. The van der Waals surface area contributed by atoms with Crippen LogP contribution in [0.3, 0.4) is 0 Å². The van der Waals surface area contributed by atoms with Crippen LogP contribution in [0.1, 0.15) is 37.8 Å². The summed E-state index contributed by atoms with van der Waals surface area (Å²) < 4.78 is 18.1. The molecule has 0 saturated heterocycles. The molecule has 0 amide bonds. The van der Waals surface area contributed by atoms with Crippen LogP contribution in [0, 0.1) is 5.82 Å². The van der Waals surface area contributed by atoms with Gasteiger partial charge in [0.1, 0.15) is 11.6 Å². The Morgan fingerprint density at radius 2 is 2.11 bits per heavy atom. The van der Waals surface area contributed by atoms with Crippen molar-refractivity contribution in [2.24, 2.45) is 5.73 Å². The van der Waals surface area contributed by atoms with E-state index in [-0.39, 0.29) is 18.2 Å². The van der Waals surface area contributed by atoms with E-state index in [4.69, 9.17) is 10.5 Å². The molecule has 5 heteroatoms. The average Bonchev–Trinajstić information content (AvgIpc) is 2.34. The number of nitrogens with two attached hydrogens (primary N) is 1. The Bertz CT molecular complexity index is 363. The first-order chi connectivity index (χ1) is 8.10. The minimum absolute atomic E-state index is 0. The Hall–Kier alpha value is -0.840. The fourth-order valence-electron chi connectivity index (χ4n) is 1.76. The van der Waals surface area contributed by atoms with Gasteiger partial charge in [-0.3, -0.25) is 0 Å². The molecule has 0 aliphatic carbocycles. The summed E-state index contributed by atoms with van der Waals surface area (Å²) >= 11 is 0. The van der Waals surface area contributed by atoms with Crippen LogP contribution in [-0.2, 0) is 0 Å². The van der Waals surface area contributed by atoms with E-state index in [9.17, 15) is 9.50 Å². The standard InChI is InChI=1S/C13H20FNO2.ClH/c1-3-4-5-11(16)13(15)10-7-6-9(14)8-12(10)17-2;/h6-8,11,13,16H,3-5,15H2,1-2H3;1H/t11-,13+;/m1./s1. The Labute approximate surface area is 114 Å². The van der Waals surface area contributed by atoms with Crippen molar-refractivity contribution in [1.29, 1.82) is 0 Å². The Balaban J connectivity index is 0.00000289. The summed E-state index contributed by atoms with van der Waals surface area (Å²) in [6.45, 7) is 2.05. The number of rotatable bonds is 6. The molecule has 0 aromatic heterocycles. The second kappa shape index (κ2) is 8.29. The molecule has 0 fully saturated rings. The van der Waals surface area contributed by atoms with Crippen LogP contribution in [0.5, 0.6) is 5.75 Å². The highest BCUT2D eigenvalue weighted by atomic mass is 35.5. The Kier molecular flexibility index (Phi) is 7.91. The van der Waals surface area contributed by atoms with Gasteiger partial charge in [0.15, 0.2) is 0 Å². The largest absolute Gasteiger partial charge is 0.496 e. The van der Waals surface area contributed by atoms with E-state index in [0.717, 1.165) is 12.8 Å². The molecule has 0 bridgehead atoms. The lowest BCUT2D eigenvalue weighted by atomic mass is 9.97. The maximum atomic E-state index is 13.0. The van der Waals surface area contributed by atoms with E-state index >= 15 is 0 Å². The minimum Gasteiger partial charge on any atom is -0.496 e. The molecule has 0 radical (unpaired) electrons. The van der Waals surface area contributed by atoms with Crippen LogP contribution in [-0.4, -0.2) is 18.3 Å². The predicted octanol–water partition coefficient (Wildman–Crippen LogP) is 2.81. The number of halogens is 2. The Morgan fingerprint density at radius 3 is 2.67 bits per heavy atom. The van der Waals surface area contributed by atoms with Crippen LogP contribution >= 0.6 is 12.4 Å². The topological polar surface area (TPSA) is 55.5 Å². The van der Waals surface area contributed by atoms with Crippen molar-refractivity contribution in [3.63, 3.8) is 0 Å². The maximum absolute atomic E-state index is 13.0. The smallest absolute Gasteiger partial charge is 0.126 e. The molecule has 1 aromatic rings. The molecule has 2 atom stereocenters. The summed E-state index contributed by atoms with van der Waals surface area (Å²) in [5.74, 6) is 0.00824. The molecule has 0 spiro atoms. The number of hydrogen-bond acceptors (Lipinski definition) is 3. The molecule has 0 unspecified atom stereocenters. The normalized spacial score (nSPS) is 13.6. The van der Waals surface area contributed by atoms with Crippen LogP contribution in [0.25, 0.3) is 0 Å². The van der Waals surface area contributed by atoms with Crippen molar-refractivity contribution in [1.82, 2.24) is 0 Å². The third-order valence-electron chi connectivity index (χ3n) is 2.82. The van der Waals surface area contributed by atoms with E-state index in [1.54, 1.807) is 6.07 Å². The average molecular weight is 278 g/mol. The molecule has 0 aliphatic heterocycles. The SMILES string of the molecule is CCCC[C@@H](O)[C@@H](N)c1ccc(F)cc1OC.Cl. The lowest BCUT2D eigenvalue weighted by Crippen LogP contribution is -2.26. The number of ether oxygens (including phenoxy) is 1. The van der Waals surface area contributed by atoms with Crippen molar-refractivity contribution < 1.29 is 14.2 Å². The number of aliphatic hydroxyl groups excluding tert-OH is 1. The quantitative estimate of drug-likeness (QED) is 0.841. The monoisotopic (exact) mass is 277 g/mol. The molecule has 1 aromatic carbocycles. The van der Waals surface area contributed by atoms with Crippen molar-refractivity contribution in [2.75, 3.05) is 7.11 Å². The third kappa shape index (κ3) is 4.44. The molecular weight excluding hydrogens is 257 g/mol. The number of benzene rings is 1. The summed E-state index contributed by atoms with van der Waals surface area (Å²) in [4.78, 5) is 0. The summed E-state index contributed by atoms with van der Waals surface area (Å²) in [5.41, 5.74) is 6.59. The van der Waals surface area contributed by atoms with E-state index in [0.29, 0.717) is 17.7 Å². The molecule has 0 aliphatic rings. The van der Waals surface area contributed by atoms with E-state index in [2.05, 4.69) is 6.92 Å². The highest BCUT2D eigenvalue weighted by Gasteiger charge is 2.20. The van der Waals surface area contributed by atoms with Crippen LogP contribution in [0.4, 0.5) is 4.39 Å². The van der Waals surface area contributed by atoms with E-state index in [1.807, 2.05) is 0 Å². The van der Waals surface area contributed by atoms with Gasteiger partial charge in [-0.05, 0) is 12.5 Å². The molecule has 0 saturated carbocycles. The zero-order valence-electron chi connectivity index (χ0n) is 10.7. The molecule has 0 heterocycles. The maximum Gasteiger partial charge on any atom is 0.126 e. The van der Waals surface area contributed by atoms with Gasteiger partial charge in [0.2, 0.25) is 0 Å². The summed E-state index contributed by atoms with van der Waals surface area (Å²) in [5, 5.41) is 9.92. The Morgan fingerprint density at radius 1 is 1.44 bits per heavy atom. The van der Waals surface area contributed by atoms with Crippen molar-refractivity contribution in [2.45, 2.75) is 38.3 Å². The zero-order chi connectivity index (χ0) is 12.8. The molecule has 3 nitrogen and oxygen atoms in total. The van der Waals surface area contributed by atoms with Gasteiger partial charge >= 0.3 is 0 Å². The number of methoxy groups -OCH3 is 1. The first-order valence-corrected chi connectivity index (χ1v) is 5.87. The highest BCUT2D eigenvalue weighted by molar-refractivity contribution is 5.85. The second-order valence-corrected chi connectivity index (χ2v) is 4.12. The van der Waals surface area contributed by atoms with E-state index < -0.39 is 12.1 Å². The van der Waals surface area contributed by atoms with Gasteiger partial charge in [0.25, 0.3) is 0 Å². The lowest BCUT2D eigenvalue weighted by Gasteiger charge is -2.21. The van der Waals surface area contributed by atoms with Gasteiger partial charge in [-0.25, -0.2) is 4.39 Å². The zero-order valence-corrected chi connectivity index (χ0v) is 11.5. The molecular formula is C13H21ClFNO2. The third-order valence-corrected chi connectivity index (χ3v) is 2.82. The fraction of sp³-hybridized carbons (Fsp3) is 0.538. The summed E-state index contributed by atoms with van der Waals surface area (Å²) in [7, 11) is 1.46. The van der Waals surface area contributed by atoms with Gasteiger partial charge in [-0.15, -0.1) is 12.4 Å².